The van der Waals surface area contributed by atoms with Crippen LogP contribution in [0.15, 0.2) is 12.4 Å². The molecule has 0 bridgehead atoms. The molecule has 0 aliphatic carbocycles. The average Bonchev–Trinajstić information content (AvgIpc) is 2.09. The highest BCUT2D eigenvalue weighted by atomic mass is 14.9. The highest BCUT2D eigenvalue weighted by molar-refractivity contribution is 5.00. The van der Waals surface area contributed by atoms with Gasteiger partial charge in [-0.1, -0.05) is 5.92 Å². The van der Waals surface area contributed by atoms with Crippen molar-refractivity contribution in [2.24, 2.45) is 0 Å². The number of nitrogens with one attached hydrogen (secondary N) is 1. The number of nitrogens with zero attached hydrogens (tertiary/aromatic N) is 2. The van der Waals surface area contributed by atoms with Gasteiger partial charge >= 0.3 is 0 Å². The zero-order valence-electron chi connectivity index (χ0n) is 7.04. The van der Waals surface area contributed by atoms with Crippen molar-refractivity contribution in [1.82, 2.24) is 15.3 Å². The molecule has 0 unspecified atom stereocenters. The molecule has 1 aromatic heterocycles. The van der Waals surface area contributed by atoms with Crippen LogP contribution in [-0.4, -0.2) is 16.5 Å². The molecular formula is C9H11N3. The van der Waals surface area contributed by atoms with Crippen molar-refractivity contribution in [3.8, 4) is 12.3 Å². The standard InChI is InChI=1S/C9H11N3/c1-3-4-10-6-9-7-11-8(2)5-12-9/h1,5,7,10H,4,6H2,2H3. The van der Waals surface area contributed by atoms with E-state index in [4.69, 9.17) is 6.42 Å². The first-order valence-electron chi connectivity index (χ1n) is 3.74. The summed E-state index contributed by atoms with van der Waals surface area (Å²) in [5, 5.41) is 3.03. The minimum Gasteiger partial charge on any atom is -0.300 e. The lowest BCUT2D eigenvalue weighted by atomic mass is 10.4. The van der Waals surface area contributed by atoms with Crippen LogP contribution in [0.1, 0.15) is 11.4 Å². The van der Waals surface area contributed by atoms with E-state index in [-0.39, 0.29) is 0 Å². The summed E-state index contributed by atoms with van der Waals surface area (Å²) in [5.41, 5.74) is 1.84. The summed E-state index contributed by atoms with van der Waals surface area (Å²) in [5.74, 6) is 2.49. The second-order valence-electron chi connectivity index (χ2n) is 2.46. The van der Waals surface area contributed by atoms with Crippen molar-refractivity contribution in [1.29, 1.82) is 0 Å². The van der Waals surface area contributed by atoms with E-state index in [2.05, 4.69) is 21.2 Å². The second-order valence-corrected chi connectivity index (χ2v) is 2.46. The van der Waals surface area contributed by atoms with E-state index in [1.807, 2.05) is 6.92 Å². The summed E-state index contributed by atoms with van der Waals surface area (Å²) in [6.45, 7) is 3.15. The molecule has 62 valence electrons. The number of terminal acetylenes is 1. The van der Waals surface area contributed by atoms with Crippen LogP contribution in [0.25, 0.3) is 0 Å². The third kappa shape index (κ3) is 2.69. The fourth-order valence-corrected chi connectivity index (χ4v) is 0.773. The average molecular weight is 161 g/mol. The Morgan fingerprint density at radius 1 is 1.50 bits per heavy atom. The van der Waals surface area contributed by atoms with Gasteiger partial charge in [0.2, 0.25) is 0 Å². The lowest BCUT2D eigenvalue weighted by molar-refractivity contribution is 0.743. The van der Waals surface area contributed by atoms with Gasteiger partial charge in [0, 0.05) is 18.9 Å². The summed E-state index contributed by atoms with van der Waals surface area (Å²) in [7, 11) is 0. The maximum Gasteiger partial charge on any atom is 0.0725 e. The first-order valence-corrected chi connectivity index (χ1v) is 3.74. The molecule has 0 saturated carbocycles. The number of aromatic nitrogens is 2. The molecule has 1 rings (SSSR count). The van der Waals surface area contributed by atoms with E-state index in [0.29, 0.717) is 13.1 Å². The van der Waals surface area contributed by atoms with Crippen LogP contribution in [0, 0.1) is 19.3 Å². The van der Waals surface area contributed by atoms with Crippen molar-refractivity contribution in [2.45, 2.75) is 13.5 Å². The second kappa shape index (κ2) is 4.47. The van der Waals surface area contributed by atoms with Crippen LogP contribution >= 0.6 is 0 Å². The molecule has 0 fully saturated rings. The normalized spacial score (nSPS) is 9.33. The molecule has 1 aromatic rings. The Hall–Kier alpha value is -1.40. The number of hydrogen-bond acceptors (Lipinski definition) is 3. The van der Waals surface area contributed by atoms with Gasteiger partial charge < -0.3 is 5.32 Å². The predicted molar refractivity (Wildman–Crippen MR) is 47.3 cm³/mol. The van der Waals surface area contributed by atoms with Gasteiger partial charge in [-0.15, -0.1) is 6.42 Å². The van der Waals surface area contributed by atoms with Gasteiger partial charge in [-0.05, 0) is 6.92 Å². The fourth-order valence-electron chi connectivity index (χ4n) is 0.773. The quantitative estimate of drug-likeness (QED) is 0.518. The minimum atomic E-state index is 0.565. The smallest absolute Gasteiger partial charge is 0.0725 e. The van der Waals surface area contributed by atoms with Gasteiger partial charge in [-0.2, -0.15) is 0 Å². The topological polar surface area (TPSA) is 37.8 Å². The largest absolute Gasteiger partial charge is 0.300 e. The third-order valence-electron chi connectivity index (χ3n) is 1.37. The zero-order valence-corrected chi connectivity index (χ0v) is 7.04. The Bertz CT molecular complexity index is 271. The van der Waals surface area contributed by atoms with E-state index < -0.39 is 0 Å². The highest BCUT2D eigenvalue weighted by Gasteiger charge is 1.92. The highest BCUT2D eigenvalue weighted by Crippen LogP contribution is 1.92. The van der Waals surface area contributed by atoms with Crippen molar-refractivity contribution in [3.05, 3.63) is 23.8 Å². The van der Waals surface area contributed by atoms with Crippen LogP contribution in [0.5, 0.6) is 0 Å². The van der Waals surface area contributed by atoms with Crippen LogP contribution in [0.4, 0.5) is 0 Å². The van der Waals surface area contributed by atoms with Gasteiger partial charge in [-0.25, -0.2) is 0 Å². The molecule has 0 spiro atoms. The Labute approximate surface area is 72.2 Å². The van der Waals surface area contributed by atoms with Crippen molar-refractivity contribution in [2.75, 3.05) is 6.54 Å². The maximum absolute atomic E-state index is 5.07. The minimum absolute atomic E-state index is 0.565. The molecule has 1 N–H and O–H groups in total. The van der Waals surface area contributed by atoms with Gasteiger partial charge in [0.15, 0.2) is 0 Å². The van der Waals surface area contributed by atoms with E-state index in [1.54, 1.807) is 12.4 Å². The van der Waals surface area contributed by atoms with Crippen molar-refractivity contribution < 1.29 is 0 Å². The number of hydrogen-bond donors (Lipinski definition) is 1. The summed E-state index contributed by atoms with van der Waals surface area (Å²) in [6.07, 6.45) is 8.56. The lowest BCUT2D eigenvalue weighted by Gasteiger charge is -1.99. The van der Waals surface area contributed by atoms with Crippen molar-refractivity contribution in [3.63, 3.8) is 0 Å². The molecule has 0 atom stereocenters. The first-order chi connectivity index (χ1) is 5.83. The van der Waals surface area contributed by atoms with E-state index >= 15 is 0 Å². The van der Waals surface area contributed by atoms with Crippen LogP contribution in [0.3, 0.4) is 0 Å². The molecule has 0 aromatic carbocycles. The monoisotopic (exact) mass is 161 g/mol. The Morgan fingerprint density at radius 2 is 2.33 bits per heavy atom. The third-order valence-corrected chi connectivity index (χ3v) is 1.37. The van der Waals surface area contributed by atoms with Crippen molar-refractivity contribution >= 4 is 0 Å². The molecule has 0 aliphatic rings. The molecule has 0 aliphatic heterocycles. The van der Waals surface area contributed by atoms with E-state index in [9.17, 15) is 0 Å². The summed E-state index contributed by atoms with van der Waals surface area (Å²) < 4.78 is 0. The van der Waals surface area contributed by atoms with E-state index in [0.717, 1.165) is 11.4 Å². The Morgan fingerprint density at radius 3 is 2.92 bits per heavy atom. The molecule has 0 saturated heterocycles. The Kier molecular flexibility index (Phi) is 3.24. The van der Waals surface area contributed by atoms with Gasteiger partial charge in [0.1, 0.15) is 0 Å². The van der Waals surface area contributed by atoms with Gasteiger partial charge in [0.05, 0.1) is 17.9 Å². The summed E-state index contributed by atoms with van der Waals surface area (Å²) >= 11 is 0. The molecule has 1 heterocycles. The maximum atomic E-state index is 5.07. The SMILES string of the molecule is C#CCNCc1cnc(C)cn1. The van der Waals surface area contributed by atoms with Gasteiger partial charge in [-0.3, -0.25) is 9.97 Å². The summed E-state index contributed by atoms with van der Waals surface area (Å²) in [4.78, 5) is 8.26. The first kappa shape index (κ1) is 8.69. The zero-order chi connectivity index (χ0) is 8.81. The fraction of sp³-hybridized carbons (Fsp3) is 0.333. The molecule has 0 amide bonds. The number of aryl methyl sites for hydroxylation is 1. The molecule has 12 heavy (non-hydrogen) atoms. The van der Waals surface area contributed by atoms with Crippen LogP contribution in [0.2, 0.25) is 0 Å². The Balaban J connectivity index is 2.43. The predicted octanol–water partition coefficient (Wildman–Crippen LogP) is 0.508. The molecule has 3 heteroatoms. The van der Waals surface area contributed by atoms with Gasteiger partial charge in [0.25, 0.3) is 0 Å². The lowest BCUT2D eigenvalue weighted by Crippen LogP contribution is -2.14. The van der Waals surface area contributed by atoms with Crippen LogP contribution < -0.4 is 5.32 Å². The van der Waals surface area contributed by atoms with Crippen LogP contribution in [-0.2, 0) is 6.54 Å². The van der Waals surface area contributed by atoms with E-state index in [1.165, 1.54) is 0 Å². The molecule has 0 radical (unpaired) electrons. The molecular weight excluding hydrogens is 150 g/mol. The molecule has 3 nitrogen and oxygen atoms in total. The number of rotatable bonds is 3. The summed E-state index contributed by atoms with van der Waals surface area (Å²) in [6, 6.07) is 0.